The van der Waals surface area contributed by atoms with Crippen molar-refractivity contribution in [3.63, 3.8) is 0 Å². The molecular formula is C88H164N4O20P2. The Labute approximate surface area is 690 Å². The maximum atomic E-state index is 13.2. The van der Waals surface area contributed by atoms with Gasteiger partial charge in [-0.15, -0.1) is 0 Å². The maximum Gasteiger partial charge on any atom is 0.472 e. The highest BCUT2D eigenvalue weighted by atomic mass is 31.2. The summed E-state index contributed by atoms with van der Waals surface area (Å²) in [7, 11) is -9.49. The Kier molecular flexibility index (Phi) is 76.9. The highest BCUT2D eigenvalue weighted by Crippen LogP contribution is 2.44. The molecule has 0 bridgehead atoms. The molecule has 26 heteroatoms. The summed E-state index contributed by atoms with van der Waals surface area (Å²) in [4.78, 5) is 125. The molecule has 0 heterocycles. The maximum absolute atomic E-state index is 13.2. The number of esters is 2. The summed E-state index contributed by atoms with van der Waals surface area (Å²) >= 11 is 0. The summed E-state index contributed by atoms with van der Waals surface area (Å²) in [5.74, 6) is -2.93. The van der Waals surface area contributed by atoms with Crippen LogP contribution in [0.25, 0.3) is 0 Å². The van der Waals surface area contributed by atoms with Crippen LogP contribution in [0.3, 0.4) is 0 Å². The minimum Gasteiger partial charge on any atom is -0.462 e. The molecular weight excluding hydrogens is 1490 g/mol. The number of amides is 4. The summed E-state index contributed by atoms with van der Waals surface area (Å²) in [6, 6.07) is -1.92. The molecule has 0 aromatic heterocycles. The van der Waals surface area contributed by atoms with E-state index in [-0.39, 0.29) is 114 Å². The van der Waals surface area contributed by atoms with Crippen molar-refractivity contribution in [2.45, 2.75) is 425 Å². The Balaban J connectivity index is 5.47. The zero-order valence-electron chi connectivity index (χ0n) is 72.4. The number of phosphoric ester groups is 2. The number of hydrogen-bond acceptors (Lipinski definition) is 18. The van der Waals surface area contributed by atoms with Crippen LogP contribution in [-0.2, 0) is 84.5 Å². The molecule has 0 spiro atoms. The standard InChI is InChI=1S/C88H164N4O20P2/c1-7-13-19-25-29-33-37-43-47-55-79(93)71-85(97)91-77(73-105-67-63-81(57-49-41-23-17-11-5)111-87(99)61-51-45-39-35-31-27-21-15-9-3)75-109-113(101,102)107-69-65-89-83(95)59-53-54-60-84(96)90-66-70-108-114(103,104)110-76-78(92-86(98)72-80(94)56-48-44-38-34-30-26-20-14-8-2)74-106-68-64-82(58-50-42-24-18-12-6)112-88(100)62-52-46-40-36-32-28-22-16-10-4/h35-36,39-40,77-78,81-82H,7-34,37-38,41-76H2,1-6H3,(H,89,95)(H,90,96)(H,91,97)(H,92,98)(H,101,102)(H,103,104)/b39-35-,40-36-. The van der Waals surface area contributed by atoms with Crippen molar-refractivity contribution in [3.8, 4) is 0 Å². The molecule has 0 fully saturated rings. The molecule has 24 nitrogen and oxygen atoms in total. The lowest BCUT2D eigenvalue weighted by atomic mass is 10.0. The first-order chi connectivity index (χ1) is 55.2. The molecule has 0 rings (SSSR count). The molecule has 0 saturated carbocycles. The van der Waals surface area contributed by atoms with Crippen LogP contribution in [0.1, 0.15) is 401 Å². The zero-order valence-corrected chi connectivity index (χ0v) is 74.2. The molecule has 0 aliphatic rings. The average Bonchev–Trinajstić information content (AvgIpc) is 0.902. The van der Waals surface area contributed by atoms with E-state index in [1.807, 2.05) is 0 Å². The molecule has 666 valence electrons. The van der Waals surface area contributed by atoms with Gasteiger partial charge >= 0.3 is 27.6 Å². The van der Waals surface area contributed by atoms with Gasteiger partial charge in [-0.3, -0.25) is 56.5 Å². The first kappa shape index (κ1) is 110. The number of unbranched alkanes of at least 4 members (excludes halogenated alkanes) is 35. The first-order valence-electron chi connectivity index (χ1n) is 45.4. The monoisotopic (exact) mass is 1660 g/mol. The minimum atomic E-state index is -4.74. The number of carbonyl (C=O) groups excluding carboxylic acids is 8. The van der Waals surface area contributed by atoms with E-state index in [1.54, 1.807) is 0 Å². The van der Waals surface area contributed by atoms with E-state index < -0.39 is 77.8 Å². The molecule has 0 aromatic rings. The van der Waals surface area contributed by atoms with Crippen LogP contribution in [0.4, 0.5) is 0 Å². The third-order valence-corrected chi connectivity index (χ3v) is 21.8. The first-order valence-corrected chi connectivity index (χ1v) is 48.4. The van der Waals surface area contributed by atoms with Gasteiger partial charge in [-0.05, 0) is 103 Å². The lowest BCUT2D eigenvalue weighted by molar-refractivity contribution is -0.151. The van der Waals surface area contributed by atoms with Crippen LogP contribution < -0.4 is 21.3 Å². The van der Waals surface area contributed by atoms with Crippen LogP contribution in [0, 0.1) is 0 Å². The van der Waals surface area contributed by atoms with Crippen LogP contribution >= 0.6 is 15.6 Å². The van der Waals surface area contributed by atoms with Gasteiger partial charge in [-0.1, -0.05) is 258 Å². The summed E-state index contributed by atoms with van der Waals surface area (Å²) in [5, 5.41) is 10.7. The van der Waals surface area contributed by atoms with Crippen LogP contribution in [0.2, 0.25) is 0 Å². The number of allylic oxidation sites excluding steroid dienone is 4. The van der Waals surface area contributed by atoms with Gasteiger partial charge in [0.05, 0.1) is 77.8 Å². The lowest BCUT2D eigenvalue weighted by Crippen LogP contribution is -2.42. The van der Waals surface area contributed by atoms with Crippen molar-refractivity contribution in [1.82, 2.24) is 21.3 Å². The van der Waals surface area contributed by atoms with E-state index >= 15 is 0 Å². The second-order valence-corrected chi connectivity index (χ2v) is 33.9. The molecule has 0 radical (unpaired) electrons. The van der Waals surface area contributed by atoms with E-state index in [0.29, 0.717) is 77.0 Å². The number of carbonyl (C=O) groups is 8. The van der Waals surface area contributed by atoms with E-state index in [2.05, 4.69) is 87.1 Å². The minimum absolute atomic E-state index is 0.0200. The lowest BCUT2D eigenvalue weighted by Gasteiger charge is -2.22. The molecule has 6 N–H and O–H groups in total. The Morgan fingerprint density at radius 1 is 0.307 bits per heavy atom. The van der Waals surface area contributed by atoms with Crippen molar-refractivity contribution < 1.29 is 94.3 Å². The van der Waals surface area contributed by atoms with Crippen molar-refractivity contribution in [2.75, 3.05) is 65.9 Å². The molecule has 6 atom stereocenters. The van der Waals surface area contributed by atoms with Gasteiger partial charge in [0.2, 0.25) is 23.6 Å². The third-order valence-electron chi connectivity index (χ3n) is 19.8. The van der Waals surface area contributed by atoms with Gasteiger partial charge in [-0.25, -0.2) is 9.13 Å². The highest BCUT2D eigenvalue weighted by molar-refractivity contribution is 7.47. The van der Waals surface area contributed by atoms with Gasteiger partial charge < -0.3 is 50.0 Å². The summed E-state index contributed by atoms with van der Waals surface area (Å²) < 4.78 is 71.1. The fourth-order valence-corrected chi connectivity index (χ4v) is 14.5. The number of nitrogens with one attached hydrogen (secondary N) is 4. The van der Waals surface area contributed by atoms with Gasteiger partial charge in [-0.2, -0.15) is 0 Å². The molecule has 0 saturated heterocycles. The van der Waals surface area contributed by atoms with Crippen LogP contribution in [0.15, 0.2) is 24.3 Å². The van der Waals surface area contributed by atoms with Gasteiger partial charge in [0, 0.05) is 64.5 Å². The molecule has 114 heavy (non-hydrogen) atoms. The second-order valence-electron chi connectivity index (χ2n) is 31.0. The van der Waals surface area contributed by atoms with Crippen molar-refractivity contribution in [1.29, 1.82) is 0 Å². The topological polar surface area (TPSA) is 333 Å². The number of ketones is 2. The normalized spacial score (nSPS) is 13.8. The van der Waals surface area contributed by atoms with E-state index in [1.165, 1.54) is 116 Å². The molecule has 6 unspecified atom stereocenters. The molecule has 4 amide bonds. The van der Waals surface area contributed by atoms with Gasteiger partial charge in [0.1, 0.15) is 23.8 Å². The smallest absolute Gasteiger partial charge is 0.462 e. The SMILES string of the molecule is CCCCCC/C=C\CCCC(=O)OC(CCCCCCC)CCOCC(COP(=O)(O)OCCNC(=O)CCCCC(=O)NCCOP(=O)(O)OCC(COCCC(CCCCCCC)OC(=O)CCC/C=C\CCCCCC)NC(=O)CC(=O)CCCCCCCCCCC)NC(=O)CC(=O)CCCCCCCCCCC. The van der Waals surface area contributed by atoms with Crippen molar-refractivity contribution >= 4 is 62.8 Å². The number of rotatable bonds is 87. The second kappa shape index (κ2) is 79.9. The van der Waals surface area contributed by atoms with E-state index in [0.717, 1.165) is 128 Å². The zero-order chi connectivity index (χ0) is 83.9. The number of phosphoric acid groups is 2. The Bertz CT molecular complexity index is 2380. The van der Waals surface area contributed by atoms with Crippen molar-refractivity contribution in [3.05, 3.63) is 24.3 Å². The van der Waals surface area contributed by atoms with Crippen LogP contribution in [0.5, 0.6) is 0 Å². The number of ether oxygens (including phenoxy) is 4. The molecule has 0 aromatic carbocycles. The molecule has 0 aliphatic carbocycles. The van der Waals surface area contributed by atoms with Gasteiger partial charge in [0.15, 0.2) is 0 Å². The Morgan fingerprint density at radius 3 is 0.930 bits per heavy atom. The average molecular weight is 1660 g/mol. The van der Waals surface area contributed by atoms with E-state index in [4.69, 9.17) is 37.0 Å². The predicted molar refractivity (Wildman–Crippen MR) is 456 cm³/mol. The fourth-order valence-electron chi connectivity index (χ4n) is 12.9. The fraction of sp³-hybridized carbons (Fsp3) is 0.864. The summed E-state index contributed by atoms with van der Waals surface area (Å²) in [6.45, 7) is 11.0. The van der Waals surface area contributed by atoms with E-state index in [9.17, 15) is 57.3 Å². The highest BCUT2D eigenvalue weighted by Gasteiger charge is 2.28. The summed E-state index contributed by atoms with van der Waals surface area (Å²) in [5.41, 5.74) is 0. The largest absolute Gasteiger partial charge is 0.472 e. The van der Waals surface area contributed by atoms with Crippen molar-refractivity contribution in [2.24, 2.45) is 0 Å². The quantitative estimate of drug-likeness (QED) is 0.0108. The third kappa shape index (κ3) is 76.5. The number of hydrogen-bond donors (Lipinski definition) is 6. The number of Topliss-reactive ketones (excluding diaryl/α,β-unsaturated/α-hetero) is 2. The molecule has 0 aliphatic heterocycles. The predicted octanol–water partition coefficient (Wildman–Crippen LogP) is 20.5. The summed E-state index contributed by atoms with van der Waals surface area (Å²) in [6.07, 6.45) is 55.7. The van der Waals surface area contributed by atoms with Crippen LogP contribution in [-0.4, -0.2) is 147 Å². The van der Waals surface area contributed by atoms with Gasteiger partial charge in [0.25, 0.3) is 0 Å². The Morgan fingerprint density at radius 2 is 0.596 bits per heavy atom. The Hall–Kier alpha value is -4.22.